The molecule has 0 atom stereocenters. The Bertz CT molecular complexity index is 1370. The van der Waals surface area contributed by atoms with Crippen LogP contribution in [0.1, 0.15) is 27.0 Å². The van der Waals surface area contributed by atoms with Gasteiger partial charge in [0, 0.05) is 34.8 Å². The van der Waals surface area contributed by atoms with Crippen LogP contribution in [-0.2, 0) is 6.54 Å². The Morgan fingerprint density at radius 3 is 2.78 bits per heavy atom. The van der Waals surface area contributed by atoms with Crippen molar-refractivity contribution in [3.63, 3.8) is 0 Å². The predicted octanol–water partition coefficient (Wildman–Crippen LogP) is 4.94. The van der Waals surface area contributed by atoms with Crippen molar-refractivity contribution in [2.75, 3.05) is 7.11 Å². The van der Waals surface area contributed by atoms with Gasteiger partial charge in [-0.05, 0) is 58.5 Å². The number of para-hydroxylation sites is 1. The zero-order valence-corrected chi connectivity index (χ0v) is 19.4. The lowest BCUT2D eigenvalue weighted by atomic mass is 10.1. The van der Waals surface area contributed by atoms with E-state index >= 15 is 0 Å². The van der Waals surface area contributed by atoms with E-state index in [1.165, 1.54) is 0 Å². The maximum Gasteiger partial charge on any atom is 0.271 e. The van der Waals surface area contributed by atoms with Crippen molar-refractivity contribution in [3.05, 3.63) is 98.8 Å². The second-order valence-electron chi connectivity index (χ2n) is 7.05. The summed E-state index contributed by atoms with van der Waals surface area (Å²) in [5, 5.41) is 14.6. The number of carbonyl (C=O) groups is 1. The molecule has 0 aliphatic rings. The number of amides is 1. The second-order valence-corrected chi connectivity index (χ2v) is 8.21. The number of fused-ring (bicyclic) bond motifs is 1. The molecule has 0 saturated heterocycles. The highest BCUT2D eigenvalue weighted by Gasteiger charge is 2.11. The summed E-state index contributed by atoms with van der Waals surface area (Å²) >= 11 is 2.15. The van der Waals surface area contributed by atoms with E-state index in [9.17, 15) is 10.1 Å². The average molecular weight is 534 g/mol. The molecule has 1 N–H and O–H groups in total. The first-order valence-corrected chi connectivity index (χ1v) is 10.9. The molecule has 1 aromatic heterocycles. The van der Waals surface area contributed by atoms with Crippen LogP contribution in [0.2, 0.25) is 0 Å². The summed E-state index contributed by atoms with van der Waals surface area (Å²) in [6.07, 6.45) is 3.61. The number of hydrogen-bond donors (Lipinski definition) is 1. The molecular formula is C25H19IN4O2. The number of ether oxygens (including phenoxy) is 1. The van der Waals surface area contributed by atoms with Crippen LogP contribution < -0.4 is 10.2 Å². The number of hydrogen-bond acceptors (Lipinski definition) is 4. The number of nitriles is 1. The first-order chi connectivity index (χ1) is 15.6. The van der Waals surface area contributed by atoms with Gasteiger partial charge in [-0.2, -0.15) is 10.4 Å². The van der Waals surface area contributed by atoms with E-state index in [4.69, 9.17) is 4.74 Å². The van der Waals surface area contributed by atoms with Crippen molar-refractivity contribution >= 4 is 45.6 Å². The molecule has 0 fully saturated rings. The predicted molar refractivity (Wildman–Crippen MR) is 133 cm³/mol. The highest BCUT2D eigenvalue weighted by atomic mass is 127. The second kappa shape index (κ2) is 9.66. The van der Waals surface area contributed by atoms with E-state index in [0.717, 1.165) is 25.6 Å². The molecule has 6 nitrogen and oxygen atoms in total. The summed E-state index contributed by atoms with van der Waals surface area (Å²) in [5.41, 5.74) is 6.54. The lowest BCUT2D eigenvalue weighted by Gasteiger charge is -2.07. The molecule has 4 rings (SSSR count). The molecule has 158 valence electrons. The molecular weight excluding hydrogens is 515 g/mol. The van der Waals surface area contributed by atoms with Crippen molar-refractivity contribution in [2.45, 2.75) is 6.54 Å². The molecule has 7 heteroatoms. The highest BCUT2D eigenvalue weighted by molar-refractivity contribution is 14.1. The fourth-order valence-electron chi connectivity index (χ4n) is 3.49. The molecule has 32 heavy (non-hydrogen) atoms. The Labute approximate surface area is 199 Å². The number of halogens is 1. The molecule has 0 saturated carbocycles. The maximum absolute atomic E-state index is 12.5. The first-order valence-electron chi connectivity index (χ1n) is 9.83. The molecule has 3 aromatic carbocycles. The summed E-state index contributed by atoms with van der Waals surface area (Å²) < 4.78 is 8.29. The number of nitrogens with one attached hydrogen (secondary N) is 1. The zero-order chi connectivity index (χ0) is 22.5. The van der Waals surface area contributed by atoms with Gasteiger partial charge in [-0.3, -0.25) is 4.79 Å². The van der Waals surface area contributed by atoms with Gasteiger partial charge in [0.25, 0.3) is 5.91 Å². The third-order valence-electron chi connectivity index (χ3n) is 5.08. The topological polar surface area (TPSA) is 79.4 Å². The van der Waals surface area contributed by atoms with E-state index < -0.39 is 0 Å². The number of hydrazone groups is 1. The van der Waals surface area contributed by atoms with Crippen LogP contribution in [0.25, 0.3) is 10.9 Å². The Hall–Kier alpha value is -3.64. The summed E-state index contributed by atoms with van der Waals surface area (Å²) in [7, 11) is 1.57. The molecule has 0 radical (unpaired) electrons. The van der Waals surface area contributed by atoms with Gasteiger partial charge >= 0.3 is 0 Å². The minimum Gasteiger partial charge on any atom is -0.496 e. The number of carbonyl (C=O) groups excluding carboxylic acids is 1. The minimum absolute atomic E-state index is 0.317. The lowest BCUT2D eigenvalue weighted by Crippen LogP contribution is -2.17. The first kappa shape index (κ1) is 21.6. The number of methoxy groups -OCH3 is 1. The lowest BCUT2D eigenvalue weighted by molar-refractivity contribution is 0.0954. The summed E-state index contributed by atoms with van der Waals surface area (Å²) in [6.45, 7) is 0.562. The van der Waals surface area contributed by atoms with Crippen molar-refractivity contribution in [3.8, 4) is 11.8 Å². The average Bonchev–Trinajstić information content (AvgIpc) is 3.17. The van der Waals surface area contributed by atoms with Gasteiger partial charge in [0.2, 0.25) is 0 Å². The smallest absolute Gasteiger partial charge is 0.271 e. The summed E-state index contributed by atoms with van der Waals surface area (Å²) in [4.78, 5) is 12.5. The summed E-state index contributed by atoms with van der Waals surface area (Å²) in [5.74, 6) is 0.325. The Morgan fingerprint density at radius 2 is 1.97 bits per heavy atom. The van der Waals surface area contributed by atoms with Crippen molar-refractivity contribution in [1.29, 1.82) is 5.26 Å². The molecule has 1 amide bonds. The van der Waals surface area contributed by atoms with Gasteiger partial charge < -0.3 is 9.30 Å². The van der Waals surface area contributed by atoms with Crippen molar-refractivity contribution in [1.82, 2.24) is 9.99 Å². The van der Waals surface area contributed by atoms with Crippen molar-refractivity contribution in [2.24, 2.45) is 5.10 Å². The molecule has 0 bridgehead atoms. The van der Waals surface area contributed by atoms with Gasteiger partial charge in [0.1, 0.15) is 5.75 Å². The van der Waals surface area contributed by atoms with E-state index in [-0.39, 0.29) is 5.91 Å². The Morgan fingerprint density at radius 1 is 1.19 bits per heavy atom. The van der Waals surface area contributed by atoms with Gasteiger partial charge in [-0.25, -0.2) is 5.43 Å². The van der Waals surface area contributed by atoms with Crippen LogP contribution in [0.5, 0.6) is 5.75 Å². The third kappa shape index (κ3) is 4.50. The van der Waals surface area contributed by atoms with Crippen LogP contribution in [0, 0.1) is 14.9 Å². The van der Waals surface area contributed by atoms with Gasteiger partial charge in [-0.15, -0.1) is 0 Å². The van der Waals surface area contributed by atoms with Crippen molar-refractivity contribution < 1.29 is 9.53 Å². The van der Waals surface area contributed by atoms with Crippen LogP contribution in [0.15, 0.2) is 78.0 Å². The fraction of sp³-hybridized carbons (Fsp3) is 0.0800. The largest absolute Gasteiger partial charge is 0.496 e. The Balaban J connectivity index is 1.58. The third-order valence-corrected chi connectivity index (χ3v) is 5.97. The molecule has 4 aromatic rings. The SMILES string of the molecule is COc1cc(C(=O)NN=Cc2cn(Cc3ccccc3C#N)c3ccccc23)ccc1I. The van der Waals surface area contributed by atoms with Gasteiger partial charge in [0.15, 0.2) is 0 Å². The Kier molecular flexibility index (Phi) is 6.52. The van der Waals surface area contributed by atoms with Crippen LogP contribution in [0.4, 0.5) is 0 Å². The normalized spacial score (nSPS) is 10.9. The molecule has 1 heterocycles. The summed E-state index contributed by atoms with van der Waals surface area (Å²) in [6, 6.07) is 23.0. The molecule has 0 aliphatic carbocycles. The monoisotopic (exact) mass is 534 g/mol. The van der Waals surface area contributed by atoms with Crippen LogP contribution in [0.3, 0.4) is 0 Å². The molecule has 0 aliphatic heterocycles. The molecule has 0 spiro atoms. The van der Waals surface area contributed by atoms with E-state index in [1.807, 2.05) is 60.8 Å². The minimum atomic E-state index is -0.317. The number of benzene rings is 3. The quantitative estimate of drug-likeness (QED) is 0.216. The van der Waals surface area contributed by atoms with Crippen LogP contribution in [-0.4, -0.2) is 23.8 Å². The van der Waals surface area contributed by atoms with Gasteiger partial charge in [-0.1, -0.05) is 36.4 Å². The van der Waals surface area contributed by atoms with Crippen LogP contribution >= 0.6 is 22.6 Å². The number of aromatic nitrogens is 1. The standard InChI is InChI=1S/C25H19IN4O2/c1-32-24-12-17(10-11-22(24)26)25(31)29-28-14-20-16-30(23-9-5-4-8-21(20)23)15-19-7-3-2-6-18(19)13-27/h2-12,14,16H,15H2,1H3,(H,29,31). The number of nitrogens with zero attached hydrogens (tertiary/aromatic N) is 3. The highest BCUT2D eigenvalue weighted by Crippen LogP contribution is 2.23. The van der Waals surface area contributed by atoms with E-state index in [2.05, 4.69) is 43.8 Å². The zero-order valence-electron chi connectivity index (χ0n) is 17.2. The maximum atomic E-state index is 12.5. The van der Waals surface area contributed by atoms with Gasteiger partial charge in [0.05, 0.1) is 28.5 Å². The fourth-order valence-corrected chi connectivity index (χ4v) is 4.04. The van der Waals surface area contributed by atoms with E-state index in [1.54, 1.807) is 25.5 Å². The number of rotatable bonds is 6. The molecule has 0 unspecified atom stereocenters. The van der Waals surface area contributed by atoms with E-state index in [0.29, 0.717) is 23.4 Å².